The fourth-order valence-corrected chi connectivity index (χ4v) is 18.6. The third-order valence-electron chi connectivity index (χ3n) is 26.0. The molecule has 0 unspecified atom stereocenters. The van der Waals surface area contributed by atoms with Gasteiger partial charge in [0.05, 0.1) is 74.6 Å². The number of para-hydroxylation sites is 2. The lowest BCUT2D eigenvalue weighted by atomic mass is 9.95. The lowest BCUT2D eigenvalue weighted by molar-refractivity contribution is -0.662. The number of aryl methyl sites for hydroxylation is 18. The van der Waals surface area contributed by atoms with Crippen molar-refractivity contribution in [1.82, 2.24) is 29.9 Å². The quantitative estimate of drug-likeness (QED) is 0.0948. The molecule has 0 radical (unpaired) electrons. The van der Waals surface area contributed by atoms with Crippen molar-refractivity contribution in [3.05, 3.63) is 356 Å². The van der Waals surface area contributed by atoms with Gasteiger partial charge in [0.25, 0.3) is 38.0 Å². The number of rotatable bonds is 15. The Labute approximate surface area is 804 Å². The Hall–Kier alpha value is -13.3. The standard InChI is InChI=1S/3C21H25N2.3C20H23N2/c1-14(2)10-17-8-9-20-19(12-17)21(23(5)13-22-20)18-11-15(3)6-7-16(18)4;1-14(2)10-17-8-9-18-20(12-17)22-13-23(5)21(18)19-11-15(3)6-7-16(19)4;1-14(2)11-17-7-6-8-18-20(17)22-13-23(5)21(18)19-12-15(3)9-10-16(19)4;1-13(2)16-8-9-19-18(11-16)20(22(5)12-21-19)17-10-14(3)6-7-15(17)4;1-13(2)16-8-9-17-19(11-16)21-12-22(5)20(17)18-10-14(3)6-7-15(18)4;1-13(2)16-7-6-8-17-19(16)21-12-22(5)20(17)18-11-14(3)9-10-15(18)4/h2*6-9,11-14H,10H2,1-5H3;6-10,12-14H,11H2,1-5H3;3*6-13H,1-5H3/q6*+1. The molecule has 135 heavy (non-hydrogen) atoms. The van der Waals surface area contributed by atoms with Gasteiger partial charge in [0, 0.05) is 44.5 Å². The van der Waals surface area contributed by atoms with Crippen molar-refractivity contribution >= 4 is 65.4 Å². The van der Waals surface area contributed by atoms with Gasteiger partial charge < -0.3 is 0 Å². The van der Waals surface area contributed by atoms with Crippen molar-refractivity contribution in [1.29, 1.82) is 0 Å². The van der Waals surface area contributed by atoms with Gasteiger partial charge in [0.2, 0.25) is 0 Å². The summed E-state index contributed by atoms with van der Waals surface area (Å²) in [6.07, 6.45) is 14.8. The molecule has 0 N–H and O–H groups in total. The van der Waals surface area contributed by atoms with Crippen molar-refractivity contribution < 1.29 is 27.4 Å². The maximum atomic E-state index is 4.73. The highest BCUT2D eigenvalue weighted by Gasteiger charge is 2.27. The van der Waals surface area contributed by atoms with E-state index < -0.39 is 0 Å². The van der Waals surface area contributed by atoms with Crippen LogP contribution in [0.5, 0.6) is 0 Å². The summed E-state index contributed by atoms with van der Waals surface area (Å²) in [5, 5.41) is 7.36. The molecular formula is C123H144N12+6. The number of aromatic nitrogens is 12. The van der Waals surface area contributed by atoms with Gasteiger partial charge >= 0.3 is 0 Å². The van der Waals surface area contributed by atoms with Gasteiger partial charge in [0.1, 0.15) is 34.2 Å². The first-order valence-electron chi connectivity index (χ1n) is 48.4. The van der Waals surface area contributed by atoms with Crippen molar-refractivity contribution in [3.63, 3.8) is 0 Å². The second kappa shape index (κ2) is 43.4. The molecule has 12 aromatic carbocycles. The number of nitrogens with zero attached hydrogens (tertiary/aromatic N) is 12. The monoisotopic (exact) mass is 1790 g/mol. The highest BCUT2D eigenvalue weighted by Crippen LogP contribution is 2.38. The van der Waals surface area contributed by atoms with Crippen LogP contribution in [0.3, 0.4) is 0 Å². The molecule has 18 aromatic rings. The molecule has 0 spiro atoms. The maximum absolute atomic E-state index is 4.73. The molecule has 6 heterocycles. The summed E-state index contributed by atoms with van der Waals surface area (Å²) in [5.41, 5.74) is 45.3. The van der Waals surface area contributed by atoms with Gasteiger partial charge in [-0.05, 0) is 320 Å². The summed E-state index contributed by atoms with van der Waals surface area (Å²) >= 11 is 0. The lowest BCUT2D eigenvalue weighted by Gasteiger charge is -2.12. The molecule has 0 amide bonds. The average molecular weight is 1790 g/mol. The third-order valence-corrected chi connectivity index (χ3v) is 26.0. The summed E-state index contributed by atoms with van der Waals surface area (Å²) in [5.74, 6) is 3.44. The minimum Gasteiger partial charge on any atom is -0.232 e. The van der Waals surface area contributed by atoms with E-state index >= 15 is 0 Å². The van der Waals surface area contributed by atoms with Gasteiger partial charge in [-0.15, -0.1) is 0 Å². The van der Waals surface area contributed by atoms with Gasteiger partial charge in [-0.2, -0.15) is 0 Å². The van der Waals surface area contributed by atoms with E-state index in [4.69, 9.17) is 9.97 Å². The van der Waals surface area contributed by atoms with E-state index in [0.717, 1.165) is 52.4 Å². The van der Waals surface area contributed by atoms with Gasteiger partial charge in [-0.3, -0.25) is 0 Å². The van der Waals surface area contributed by atoms with E-state index in [1.807, 2.05) is 38.0 Å². The molecule has 0 aliphatic rings. The summed E-state index contributed by atoms with van der Waals surface area (Å²) in [6.45, 7) is 52.8. The highest BCUT2D eigenvalue weighted by molar-refractivity contribution is 5.97. The zero-order valence-electron chi connectivity index (χ0n) is 86.2. The lowest BCUT2D eigenvalue weighted by Crippen LogP contribution is -2.32. The maximum Gasteiger partial charge on any atom is 0.287 e. The third kappa shape index (κ3) is 23.2. The van der Waals surface area contributed by atoms with E-state index in [0.29, 0.717) is 35.5 Å². The molecule has 18 rings (SSSR count). The molecule has 0 aliphatic carbocycles. The van der Waals surface area contributed by atoms with E-state index in [1.165, 1.54) is 200 Å². The van der Waals surface area contributed by atoms with E-state index in [1.54, 1.807) is 0 Å². The van der Waals surface area contributed by atoms with Crippen LogP contribution in [0.25, 0.3) is 133 Å². The highest BCUT2D eigenvalue weighted by atomic mass is 15.0. The Morgan fingerprint density at radius 3 is 0.889 bits per heavy atom. The molecule has 12 heteroatoms. The van der Waals surface area contributed by atoms with Crippen molar-refractivity contribution in [2.45, 2.75) is 203 Å². The number of hydrogen-bond donors (Lipinski definition) is 0. The van der Waals surface area contributed by atoms with Gasteiger partial charge in [0.15, 0.2) is 33.1 Å². The SMILES string of the molecule is Cc1ccc(C)c(-c2c3cc(C(C)C)ccc3nc[n+]2C)c1.Cc1ccc(C)c(-c2c3cc(CC(C)C)ccc3nc[n+]2C)c1.Cc1ccc(C)c(-c2c3ccc(C(C)C)cc3nc[n+]2C)c1.Cc1ccc(C)c(-c2c3ccc(CC(C)C)cc3nc[n+]2C)c1.Cc1ccc(C)c(-c2c3cccc(C(C)C)c3nc[n+]2C)c1.Cc1ccc(C)c(-c2c3cccc(CC(C)C)c3nc[n+]2C)c1. The molecule has 0 fully saturated rings. The molecule has 12 nitrogen and oxygen atoms in total. The van der Waals surface area contributed by atoms with Crippen LogP contribution in [-0.4, -0.2) is 29.9 Å². The molecule has 0 aliphatic heterocycles. The van der Waals surface area contributed by atoms with E-state index in [-0.39, 0.29) is 0 Å². The largest absolute Gasteiger partial charge is 0.287 e. The van der Waals surface area contributed by atoms with Crippen LogP contribution in [0.4, 0.5) is 0 Å². The zero-order valence-corrected chi connectivity index (χ0v) is 86.2. The van der Waals surface area contributed by atoms with E-state index in [2.05, 4.69) is 474 Å². The molecular weight excluding hydrogens is 1650 g/mol. The minimum atomic E-state index is 0.468. The number of fused-ring (bicyclic) bond motifs is 6. The van der Waals surface area contributed by atoms with Crippen molar-refractivity contribution in [3.8, 4) is 67.5 Å². The minimum absolute atomic E-state index is 0.468. The van der Waals surface area contributed by atoms with Crippen LogP contribution in [-0.2, 0) is 61.5 Å². The number of hydrogen-bond acceptors (Lipinski definition) is 6. The molecule has 0 atom stereocenters. The fraction of sp³-hybridized carbons (Fsp3) is 0.317. The van der Waals surface area contributed by atoms with Crippen LogP contribution in [0.1, 0.15) is 201 Å². The Morgan fingerprint density at radius 2 is 0.511 bits per heavy atom. The first-order chi connectivity index (χ1) is 64.3. The summed E-state index contributed by atoms with van der Waals surface area (Å²) in [7, 11) is 12.5. The number of benzene rings is 12. The summed E-state index contributed by atoms with van der Waals surface area (Å²) in [4.78, 5) is 27.9. The average Bonchev–Trinajstić information content (AvgIpc) is 0.805. The topological polar surface area (TPSA) is 101 Å². The van der Waals surface area contributed by atoms with Crippen LogP contribution in [0, 0.1) is 101 Å². The van der Waals surface area contributed by atoms with Crippen LogP contribution in [0.2, 0.25) is 0 Å². The molecule has 0 saturated carbocycles. The van der Waals surface area contributed by atoms with Crippen molar-refractivity contribution in [2.75, 3.05) is 0 Å². The zero-order chi connectivity index (χ0) is 97.2. The Balaban J connectivity index is 0.000000137. The normalized spacial score (nSPS) is 11.4. The second-order valence-electron chi connectivity index (χ2n) is 40.2. The smallest absolute Gasteiger partial charge is 0.232 e. The molecule has 6 aromatic heterocycles. The Bertz CT molecular complexity index is 7260. The predicted molar refractivity (Wildman–Crippen MR) is 565 cm³/mol. The Kier molecular flexibility index (Phi) is 31.8. The van der Waals surface area contributed by atoms with Crippen LogP contribution in [0.15, 0.2) is 256 Å². The fourth-order valence-electron chi connectivity index (χ4n) is 18.6. The van der Waals surface area contributed by atoms with Gasteiger partial charge in [-0.1, -0.05) is 238 Å². The first-order valence-corrected chi connectivity index (χ1v) is 48.4. The second-order valence-corrected chi connectivity index (χ2v) is 40.2. The summed E-state index contributed by atoms with van der Waals surface area (Å²) < 4.78 is 12.8. The van der Waals surface area contributed by atoms with Crippen LogP contribution < -0.4 is 27.4 Å². The molecule has 0 saturated heterocycles. The summed E-state index contributed by atoms with van der Waals surface area (Å²) in [6, 6.07) is 79.6. The van der Waals surface area contributed by atoms with Crippen molar-refractivity contribution in [2.24, 2.45) is 60.0 Å². The van der Waals surface area contributed by atoms with E-state index in [9.17, 15) is 0 Å². The van der Waals surface area contributed by atoms with Gasteiger partial charge in [-0.25, -0.2) is 27.4 Å². The molecule has 0 bridgehead atoms. The Morgan fingerprint density at radius 1 is 0.222 bits per heavy atom. The predicted octanol–water partition coefficient (Wildman–Crippen LogP) is 27.0. The van der Waals surface area contributed by atoms with Crippen LogP contribution >= 0.6 is 0 Å². The molecule has 690 valence electrons. The first kappa shape index (κ1) is 99.2.